The smallest absolute Gasteiger partial charge is 0.256 e. The van der Waals surface area contributed by atoms with Crippen LogP contribution in [-0.4, -0.2) is 32.1 Å². The van der Waals surface area contributed by atoms with Crippen molar-refractivity contribution >= 4 is 39.7 Å². The van der Waals surface area contributed by atoms with E-state index in [9.17, 15) is 4.79 Å². The topological polar surface area (TPSA) is 44.4 Å². The monoisotopic (exact) mass is 441 g/mol. The number of nitrogens with one attached hydrogen (secondary N) is 2. The molecule has 1 amide bonds. The van der Waals surface area contributed by atoms with Gasteiger partial charge in [0.25, 0.3) is 5.91 Å². The number of amides is 1. The van der Waals surface area contributed by atoms with Crippen molar-refractivity contribution in [3.05, 3.63) is 95.5 Å². The van der Waals surface area contributed by atoms with Crippen LogP contribution >= 0.6 is 11.6 Å². The minimum Gasteiger partial charge on any atom is -0.367 e. The van der Waals surface area contributed by atoms with Gasteiger partial charge < -0.3 is 15.5 Å². The molecule has 0 atom stereocenters. The fourth-order valence-electron chi connectivity index (χ4n) is 4.28. The van der Waals surface area contributed by atoms with Crippen LogP contribution in [0, 0.1) is 0 Å². The Hall–Kier alpha value is -3.34. The molecule has 32 heavy (non-hydrogen) atoms. The van der Waals surface area contributed by atoms with Gasteiger partial charge in [-0.2, -0.15) is 0 Å². The van der Waals surface area contributed by atoms with Crippen LogP contribution in [0.25, 0.3) is 21.9 Å². The van der Waals surface area contributed by atoms with E-state index in [0.29, 0.717) is 10.6 Å². The van der Waals surface area contributed by atoms with Gasteiger partial charge in [-0.3, -0.25) is 4.79 Å². The number of piperazine rings is 1. The van der Waals surface area contributed by atoms with E-state index in [2.05, 4.69) is 27.7 Å². The van der Waals surface area contributed by atoms with Crippen LogP contribution in [-0.2, 0) is 0 Å². The lowest BCUT2D eigenvalue weighted by atomic mass is 10.0. The Morgan fingerprint density at radius 1 is 0.844 bits per heavy atom. The summed E-state index contributed by atoms with van der Waals surface area (Å²) in [6.45, 7) is 3.64. The summed E-state index contributed by atoms with van der Waals surface area (Å²) in [7, 11) is 0. The average Bonchev–Trinajstić information content (AvgIpc) is 2.84. The number of nitrogens with zero attached hydrogens (tertiary/aromatic N) is 1. The molecule has 0 aliphatic carbocycles. The van der Waals surface area contributed by atoms with Crippen LogP contribution in [0.3, 0.4) is 0 Å². The van der Waals surface area contributed by atoms with Gasteiger partial charge in [-0.25, -0.2) is 0 Å². The van der Waals surface area contributed by atoms with E-state index in [4.69, 9.17) is 11.6 Å². The van der Waals surface area contributed by atoms with Crippen molar-refractivity contribution in [2.45, 2.75) is 0 Å². The fraction of sp³-hybridized carbons (Fsp3) is 0.148. The van der Waals surface area contributed by atoms with E-state index in [-0.39, 0.29) is 5.91 Å². The van der Waals surface area contributed by atoms with Crippen molar-refractivity contribution in [2.75, 3.05) is 36.4 Å². The van der Waals surface area contributed by atoms with E-state index >= 15 is 0 Å². The van der Waals surface area contributed by atoms with Gasteiger partial charge in [0.2, 0.25) is 0 Å². The summed E-state index contributed by atoms with van der Waals surface area (Å²) in [6.07, 6.45) is 0. The molecule has 1 aliphatic rings. The zero-order chi connectivity index (χ0) is 21.9. The first kappa shape index (κ1) is 20.6. The Bertz CT molecular complexity index is 1280. The molecule has 0 radical (unpaired) electrons. The van der Waals surface area contributed by atoms with Crippen molar-refractivity contribution in [1.29, 1.82) is 0 Å². The highest BCUT2D eigenvalue weighted by atomic mass is 35.5. The first-order valence-corrected chi connectivity index (χ1v) is 11.2. The molecule has 1 fully saturated rings. The van der Waals surface area contributed by atoms with Gasteiger partial charge in [0, 0.05) is 36.8 Å². The van der Waals surface area contributed by atoms with Gasteiger partial charge in [0.15, 0.2) is 0 Å². The standard InChI is InChI=1S/C27H24ClN3O/c28-22-8-3-7-20(17-22)21-11-12-26(31-15-13-29-14-16-31)25(18-21)30-27(32)24-10-4-6-19-5-1-2-9-23(19)24/h1-12,17-18,29H,13-16H2,(H,30,32). The highest BCUT2D eigenvalue weighted by Crippen LogP contribution is 2.33. The van der Waals surface area contributed by atoms with E-state index in [1.165, 1.54) is 0 Å². The summed E-state index contributed by atoms with van der Waals surface area (Å²) < 4.78 is 0. The molecule has 2 N–H and O–H groups in total. The molecule has 160 valence electrons. The lowest BCUT2D eigenvalue weighted by molar-refractivity contribution is 0.102. The molecular weight excluding hydrogens is 418 g/mol. The van der Waals surface area contributed by atoms with Crippen molar-refractivity contribution in [3.63, 3.8) is 0 Å². The molecule has 4 aromatic rings. The lowest BCUT2D eigenvalue weighted by Gasteiger charge is -2.31. The molecule has 4 nitrogen and oxygen atoms in total. The van der Waals surface area contributed by atoms with E-state index in [0.717, 1.165) is 59.5 Å². The largest absolute Gasteiger partial charge is 0.367 e. The molecule has 4 aromatic carbocycles. The van der Waals surface area contributed by atoms with Gasteiger partial charge >= 0.3 is 0 Å². The van der Waals surface area contributed by atoms with Gasteiger partial charge in [0.1, 0.15) is 0 Å². The first-order valence-electron chi connectivity index (χ1n) is 10.8. The van der Waals surface area contributed by atoms with Crippen LogP contribution in [0.4, 0.5) is 11.4 Å². The summed E-state index contributed by atoms with van der Waals surface area (Å²) in [4.78, 5) is 15.7. The van der Waals surface area contributed by atoms with Gasteiger partial charge in [-0.15, -0.1) is 0 Å². The molecule has 1 aliphatic heterocycles. The van der Waals surface area contributed by atoms with Gasteiger partial charge in [0.05, 0.1) is 11.4 Å². The summed E-state index contributed by atoms with van der Waals surface area (Å²) in [6, 6.07) is 27.8. The van der Waals surface area contributed by atoms with Crippen molar-refractivity contribution < 1.29 is 4.79 Å². The molecule has 0 spiro atoms. The lowest BCUT2D eigenvalue weighted by Crippen LogP contribution is -2.43. The number of hydrogen-bond acceptors (Lipinski definition) is 3. The third-order valence-corrected chi connectivity index (χ3v) is 6.13. The summed E-state index contributed by atoms with van der Waals surface area (Å²) in [5.41, 5.74) is 4.54. The highest BCUT2D eigenvalue weighted by Gasteiger charge is 2.18. The van der Waals surface area contributed by atoms with Gasteiger partial charge in [-0.1, -0.05) is 66.2 Å². The summed E-state index contributed by atoms with van der Waals surface area (Å²) in [5.74, 6) is -0.110. The van der Waals surface area contributed by atoms with Gasteiger partial charge in [-0.05, 0) is 52.2 Å². The second-order valence-electron chi connectivity index (χ2n) is 7.96. The van der Waals surface area contributed by atoms with Crippen LogP contribution in [0.5, 0.6) is 0 Å². The maximum absolute atomic E-state index is 13.4. The average molecular weight is 442 g/mol. The highest BCUT2D eigenvalue weighted by molar-refractivity contribution is 6.30. The number of carbonyl (C=O) groups is 1. The maximum atomic E-state index is 13.4. The number of benzene rings is 4. The third kappa shape index (κ3) is 4.20. The van der Waals surface area contributed by atoms with E-state index < -0.39 is 0 Å². The Labute approximate surface area is 192 Å². The molecule has 1 heterocycles. The minimum absolute atomic E-state index is 0.110. The normalized spacial score (nSPS) is 13.8. The minimum atomic E-state index is -0.110. The predicted molar refractivity (Wildman–Crippen MR) is 134 cm³/mol. The zero-order valence-electron chi connectivity index (χ0n) is 17.6. The molecule has 0 unspecified atom stereocenters. The Morgan fingerprint density at radius 3 is 2.44 bits per heavy atom. The third-order valence-electron chi connectivity index (χ3n) is 5.89. The Balaban J connectivity index is 1.55. The van der Waals surface area contributed by atoms with Crippen LogP contribution in [0.2, 0.25) is 5.02 Å². The molecule has 0 aromatic heterocycles. The molecule has 0 bridgehead atoms. The van der Waals surface area contributed by atoms with Crippen molar-refractivity contribution in [2.24, 2.45) is 0 Å². The summed E-state index contributed by atoms with van der Waals surface area (Å²) >= 11 is 6.22. The molecule has 0 saturated carbocycles. The Kier molecular flexibility index (Phi) is 5.80. The second kappa shape index (κ2) is 9.03. The number of anilines is 2. The van der Waals surface area contributed by atoms with Crippen molar-refractivity contribution in [1.82, 2.24) is 5.32 Å². The number of carbonyl (C=O) groups excluding carboxylic acids is 1. The number of hydrogen-bond donors (Lipinski definition) is 2. The van der Waals surface area contributed by atoms with Crippen LogP contribution < -0.4 is 15.5 Å². The van der Waals surface area contributed by atoms with Crippen molar-refractivity contribution in [3.8, 4) is 11.1 Å². The second-order valence-corrected chi connectivity index (χ2v) is 8.40. The van der Waals surface area contributed by atoms with E-state index in [1.807, 2.05) is 72.8 Å². The molecular formula is C27H24ClN3O. The maximum Gasteiger partial charge on any atom is 0.256 e. The SMILES string of the molecule is O=C(Nc1cc(-c2cccc(Cl)c2)ccc1N1CCNCC1)c1cccc2ccccc12. The molecule has 1 saturated heterocycles. The number of fused-ring (bicyclic) bond motifs is 1. The number of halogens is 1. The molecule has 5 heteroatoms. The fourth-order valence-corrected chi connectivity index (χ4v) is 4.47. The predicted octanol–water partition coefficient (Wildman–Crippen LogP) is 5.82. The van der Waals surface area contributed by atoms with E-state index in [1.54, 1.807) is 0 Å². The quantitative estimate of drug-likeness (QED) is 0.419. The van der Waals surface area contributed by atoms with Crippen LogP contribution in [0.1, 0.15) is 10.4 Å². The zero-order valence-corrected chi connectivity index (χ0v) is 18.4. The Morgan fingerprint density at radius 2 is 1.59 bits per heavy atom. The van der Waals surface area contributed by atoms with Crippen LogP contribution in [0.15, 0.2) is 84.9 Å². The summed E-state index contributed by atoms with van der Waals surface area (Å²) in [5, 5.41) is 9.28. The molecule has 5 rings (SSSR count). The first-order chi connectivity index (χ1) is 15.7. The number of rotatable bonds is 4.